The van der Waals surface area contributed by atoms with Crippen LogP contribution in [0.5, 0.6) is 0 Å². The van der Waals surface area contributed by atoms with Crippen LogP contribution in [0.15, 0.2) is 41.3 Å². The van der Waals surface area contributed by atoms with E-state index >= 15 is 0 Å². The van der Waals surface area contributed by atoms with Crippen molar-refractivity contribution in [2.45, 2.75) is 38.1 Å². The molecule has 0 aliphatic heterocycles. The summed E-state index contributed by atoms with van der Waals surface area (Å²) in [6, 6.07) is 6.99. The predicted molar refractivity (Wildman–Crippen MR) is 109 cm³/mol. The first-order valence-corrected chi connectivity index (χ1v) is 10.1. The maximum Gasteiger partial charge on any atom is 0.279 e. The van der Waals surface area contributed by atoms with E-state index in [1.807, 2.05) is 0 Å². The summed E-state index contributed by atoms with van der Waals surface area (Å²) in [7, 11) is -3.77. The number of anilines is 1. The molecule has 0 unspecified atom stereocenters. The zero-order valence-electron chi connectivity index (χ0n) is 16.6. The summed E-state index contributed by atoms with van der Waals surface area (Å²) in [5, 5.41) is 24.6. The van der Waals surface area contributed by atoms with Crippen molar-refractivity contribution in [1.29, 1.82) is 0 Å². The Morgan fingerprint density at radius 1 is 1.00 bits per heavy atom. The number of benzene rings is 2. The lowest BCUT2D eigenvalue weighted by Gasteiger charge is -2.20. The molecule has 1 amide bonds. The Bertz CT molecular complexity index is 1120. The van der Waals surface area contributed by atoms with Gasteiger partial charge in [-0.3, -0.25) is 25.0 Å². The molecule has 2 N–H and O–H groups in total. The molecular formula is C18H20N4O7S. The van der Waals surface area contributed by atoms with Crippen LogP contribution in [0.25, 0.3) is 0 Å². The van der Waals surface area contributed by atoms with Gasteiger partial charge in [0.05, 0.1) is 26.4 Å². The van der Waals surface area contributed by atoms with Gasteiger partial charge in [-0.1, -0.05) is 0 Å². The van der Waals surface area contributed by atoms with Gasteiger partial charge >= 0.3 is 0 Å². The Morgan fingerprint density at radius 3 is 2.03 bits per heavy atom. The minimum atomic E-state index is -3.77. The second kappa shape index (κ2) is 8.16. The average molecular weight is 436 g/mol. The van der Waals surface area contributed by atoms with E-state index in [0.717, 1.165) is 12.1 Å². The third-order valence-electron chi connectivity index (χ3n) is 3.88. The highest BCUT2D eigenvalue weighted by molar-refractivity contribution is 7.89. The van der Waals surface area contributed by atoms with Gasteiger partial charge in [-0.25, -0.2) is 13.1 Å². The molecule has 11 nitrogen and oxygen atoms in total. The fraction of sp³-hybridized carbons (Fsp3) is 0.278. The van der Waals surface area contributed by atoms with E-state index in [4.69, 9.17) is 0 Å². The molecule has 2 aromatic carbocycles. The van der Waals surface area contributed by atoms with Crippen molar-refractivity contribution in [2.24, 2.45) is 0 Å². The second-order valence-corrected chi connectivity index (χ2v) is 9.17. The fourth-order valence-electron chi connectivity index (χ4n) is 2.59. The number of rotatable bonds is 6. The normalized spacial score (nSPS) is 11.7. The van der Waals surface area contributed by atoms with E-state index in [9.17, 15) is 33.4 Å². The van der Waals surface area contributed by atoms with Crippen LogP contribution in [-0.4, -0.2) is 29.7 Å². The molecule has 2 aromatic rings. The number of carbonyl (C=O) groups is 1. The molecule has 0 aromatic heterocycles. The summed E-state index contributed by atoms with van der Waals surface area (Å²) in [5.74, 6) is -0.803. The van der Waals surface area contributed by atoms with Crippen molar-refractivity contribution in [2.75, 3.05) is 5.32 Å². The maximum atomic E-state index is 12.6. The van der Waals surface area contributed by atoms with Gasteiger partial charge in [-0.05, 0) is 52.0 Å². The number of hydrogen-bond acceptors (Lipinski definition) is 7. The van der Waals surface area contributed by atoms with E-state index in [1.165, 1.54) is 31.2 Å². The van der Waals surface area contributed by atoms with Crippen LogP contribution in [0.3, 0.4) is 0 Å². The van der Waals surface area contributed by atoms with Crippen molar-refractivity contribution in [1.82, 2.24) is 4.72 Å². The van der Waals surface area contributed by atoms with Crippen LogP contribution < -0.4 is 10.0 Å². The largest absolute Gasteiger partial charge is 0.322 e. The van der Waals surface area contributed by atoms with Gasteiger partial charge in [-0.2, -0.15) is 0 Å². The number of nitrogens with zero attached hydrogens (tertiary/aromatic N) is 2. The summed E-state index contributed by atoms with van der Waals surface area (Å²) in [4.78, 5) is 33.1. The molecule has 0 atom stereocenters. The summed E-state index contributed by atoms with van der Waals surface area (Å²) >= 11 is 0. The minimum absolute atomic E-state index is 0.0161. The van der Waals surface area contributed by atoms with Gasteiger partial charge in [0, 0.05) is 22.9 Å². The first kappa shape index (κ1) is 22.9. The molecule has 0 saturated carbocycles. The summed E-state index contributed by atoms with van der Waals surface area (Å²) in [6.45, 7) is 6.39. The standard InChI is InChI=1S/C18H20N4O7S/c1-11-15(9-13(21(24)25)10-16(11)22(26)27)17(23)19-12-5-7-14(8-6-12)30(28,29)20-18(2,3)4/h5-10,20H,1-4H3,(H,19,23). The second-order valence-electron chi connectivity index (χ2n) is 7.49. The lowest BCUT2D eigenvalue weighted by atomic mass is 10.0. The van der Waals surface area contributed by atoms with E-state index in [-0.39, 0.29) is 21.7 Å². The third-order valence-corrected chi connectivity index (χ3v) is 5.65. The van der Waals surface area contributed by atoms with E-state index in [1.54, 1.807) is 20.8 Å². The lowest BCUT2D eigenvalue weighted by molar-refractivity contribution is -0.394. The van der Waals surface area contributed by atoms with Crippen molar-refractivity contribution < 1.29 is 23.1 Å². The fourth-order valence-corrected chi connectivity index (χ4v) is 4.01. The summed E-state index contributed by atoms with van der Waals surface area (Å²) in [5.41, 5.74) is -1.88. The predicted octanol–water partition coefficient (Wildman–Crippen LogP) is 3.14. The van der Waals surface area contributed by atoms with E-state index < -0.39 is 42.7 Å². The molecule has 0 aliphatic rings. The van der Waals surface area contributed by atoms with E-state index in [0.29, 0.717) is 0 Å². The number of nitro benzene ring substituents is 2. The molecule has 30 heavy (non-hydrogen) atoms. The lowest BCUT2D eigenvalue weighted by Crippen LogP contribution is -2.40. The smallest absolute Gasteiger partial charge is 0.279 e. The molecule has 0 fully saturated rings. The van der Waals surface area contributed by atoms with Gasteiger partial charge in [0.1, 0.15) is 0 Å². The topological polar surface area (TPSA) is 162 Å². The number of carbonyl (C=O) groups excluding carboxylic acids is 1. The Hall–Kier alpha value is -3.38. The molecular weight excluding hydrogens is 416 g/mol. The number of nitrogens with one attached hydrogen (secondary N) is 2. The van der Waals surface area contributed by atoms with Crippen molar-refractivity contribution in [3.63, 3.8) is 0 Å². The van der Waals surface area contributed by atoms with Crippen LogP contribution in [0.1, 0.15) is 36.7 Å². The van der Waals surface area contributed by atoms with Crippen molar-refractivity contribution >= 4 is 33.0 Å². The van der Waals surface area contributed by atoms with Crippen LogP contribution >= 0.6 is 0 Å². The molecule has 0 bridgehead atoms. The van der Waals surface area contributed by atoms with Gasteiger partial charge < -0.3 is 5.32 Å². The first-order chi connectivity index (χ1) is 13.7. The number of non-ortho nitro benzene ring substituents is 1. The summed E-state index contributed by atoms with van der Waals surface area (Å²) in [6.07, 6.45) is 0. The SMILES string of the molecule is Cc1c(C(=O)Nc2ccc(S(=O)(=O)NC(C)(C)C)cc2)cc([N+](=O)[O-])cc1[N+](=O)[O-]. The Morgan fingerprint density at radius 2 is 1.57 bits per heavy atom. The monoisotopic (exact) mass is 436 g/mol. The molecule has 0 radical (unpaired) electrons. The highest BCUT2D eigenvalue weighted by atomic mass is 32.2. The van der Waals surface area contributed by atoms with Crippen LogP contribution in [0.2, 0.25) is 0 Å². The molecule has 160 valence electrons. The van der Waals surface area contributed by atoms with Crippen LogP contribution in [0.4, 0.5) is 17.1 Å². The highest BCUT2D eigenvalue weighted by Crippen LogP contribution is 2.28. The minimum Gasteiger partial charge on any atom is -0.322 e. The van der Waals surface area contributed by atoms with Crippen molar-refractivity contribution in [3.8, 4) is 0 Å². The molecule has 2 rings (SSSR count). The van der Waals surface area contributed by atoms with Crippen molar-refractivity contribution in [3.05, 3.63) is 67.8 Å². The van der Waals surface area contributed by atoms with Gasteiger partial charge in [0.15, 0.2) is 0 Å². The zero-order valence-corrected chi connectivity index (χ0v) is 17.4. The number of nitro groups is 2. The molecule has 0 aliphatic carbocycles. The molecule has 12 heteroatoms. The molecule has 0 heterocycles. The first-order valence-electron chi connectivity index (χ1n) is 8.60. The van der Waals surface area contributed by atoms with Crippen LogP contribution in [-0.2, 0) is 10.0 Å². The number of sulfonamides is 1. The highest BCUT2D eigenvalue weighted by Gasteiger charge is 2.25. The molecule has 0 spiro atoms. The average Bonchev–Trinajstić information content (AvgIpc) is 2.59. The number of hydrogen-bond donors (Lipinski definition) is 2. The van der Waals surface area contributed by atoms with E-state index in [2.05, 4.69) is 10.0 Å². The van der Waals surface area contributed by atoms with Gasteiger partial charge in [-0.15, -0.1) is 0 Å². The quantitative estimate of drug-likeness (QED) is 0.519. The number of amides is 1. The Kier molecular flexibility index (Phi) is 6.23. The Balaban J connectivity index is 2.33. The third kappa shape index (κ3) is 5.36. The molecule has 0 saturated heterocycles. The van der Waals surface area contributed by atoms with Crippen LogP contribution in [0, 0.1) is 27.2 Å². The maximum absolute atomic E-state index is 12.6. The van der Waals surface area contributed by atoms with Gasteiger partial charge in [0.2, 0.25) is 10.0 Å². The van der Waals surface area contributed by atoms with Gasteiger partial charge in [0.25, 0.3) is 17.3 Å². The zero-order chi connectivity index (χ0) is 22.9. The Labute approximate surface area is 172 Å². The summed E-state index contributed by atoms with van der Waals surface area (Å²) < 4.78 is 27.1.